The van der Waals surface area contributed by atoms with Gasteiger partial charge in [-0.15, -0.1) is 0 Å². The summed E-state index contributed by atoms with van der Waals surface area (Å²) in [4.78, 5) is 23.5. The van der Waals surface area contributed by atoms with Crippen LogP contribution in [0.25, 0.3) is 0 Å². The molecule has 0 aliphatic carbocycles. The average molecular weight is 379 g/mol. The van der Waals surface area contributed by atoms with Crippen LogP contribution in [0.15, 0.2) is 18.2 Å². The average Bonchev–Trinajstić information content (AvgIpc) is 2.99. The molecular weight excluding hydrogens is 354 g/mol. The maximum absolute atomic E-state index is 12.2. The molecule has 0 aromatic heterocycles. The quantitative estimate of drug-likeness (QED) is 0.516. The topological polar surface area (TPSA) is 104 Å². The predicted molar refractivity (Wildman–Crippen MR) is 99.8 cm³/mol. The standard InChI is InChI=1S/C18H25N3O4S/c1-11-7-8-13(12(2)9-11)19-16(22)6-4-3-5-15-17-14(10-26(15,24)25)20-18(23)21-17/h7-9,14-15,17H,3-6,10H2,1-2H3,(H,19,22)(H2,20,21,23). The zero-order valence-corrected chi connectivity index (χ0v) is 15.9. The first-order chi connectivity index (χ1) is 12.3. The van der Waals surface area contributed by atoms with Crippen LogP contribution in [-0.2, 0) is 14.6 Å². The van der Waals surface area contributed by atoms with E-state index < -0.39 is 15.1 Å². The smallest absolute Gasteiger partial charge is 0.315 e. The lowest BCUT2D eigenvalue weighted by Crippen LogP contribution is -2.39. The number of hydrogen-bond acceptors (Lipinski definition) is 4. The molecule has 2 aliphatic heterocycles. The van der Waals surface area contributed by atoms with Crippen molar-refractivity contribution in [1.82, 2.24) is 10.6 Å². The molecule has 2 heterocycles. The molecule has 3 rings (SSSR count). The summed E-state index contributed by atoms with van der Waals surface area (Å²) in [5.74, 6) is -0.0752. The van der Waals surface area contributed by atoms with E-state index >= 15 is 0 Å². The van der Waals surface area contributed by atoms with E-state index in [1.165, 1.54) is 0 Å². The fraction of sp³-hybridized carbons (Fsp3) is 0.556. The molecule has 0 radical (unpaired) electrons. The molecule has 0 bridgehead atoms. The third kappa shape index (κ3) is 4.00. The highest BCUT2D eigenvalue weighted by Crippen LogP contribution is 2.28. The van der Waals surface area contributed by atoms with Crippen molar-refractivity contribution in [2.75, 3.05) is 11.1 Å². The van der Waals surface area contributed by atoms with Crippen LogP contribution in [0.5, 0.6) is 0 Å². The lowest BCUT2D eigenvalue weighted by atomic mass is 10.0. The van der Waals surface area contributed by atoms with Crippen LogP contribution in [-0.4, -0.2) is 43.4 Å². The first-order valence-electron chi connectivity index (χ1n) is 8.92. The summed E-state index contributed by atoms with van der Waals surface area (Å²) in [6, 6.07) is 4.88. The Balaban J connectivity index is 1.46. The van der Waals surface area contributed by atoms with Crippen molar-refractivity contribution in [2.24, 2.45) is 0 Å². The van der Waals surface area contributed by atoms with Crippen molar-refractivity contribution in [3.8, 4) is 0 Å². The molecule has 3 unspecified atom stereocenters. The Morgan fingerprint density at radius 3 is 2.73 bits per heavy atom. The van der Waals surface area contributed by atoms with Crippen molar-refractivity contribution < 1.29 is 18.0 Å². The maximum atomic E-state index is 12.2. The Morgan fingerprint density at radius 1 is 1.23 bits per heavy atom. The van der Waals surface area contributed by atoms with Crippen molar-refractivity contribution in [3.05, 3.63) is 29.3 Å². The molecular formula is C18H25N3O4S. The molecule has 3 amide bonds. The lowest BCUT2D eigenvalue weighted by Gasteiger charge is -2.16. The third-order valence-corrected chi connectivity index (χ3v) is 7.40. The van der Waals surface area contributed by atoms with Crippen LogP contribution in [0.3, 0.4) is 0 Å². The number of carbonyl (C=O) groups excluding carboxylic acids is 2. The molecule has 2 aliphatic rings. The number of anilines is 1. The number of unbranched alkanes of at least 4 members (excludes halogenated alkanes) is 1. The fourth-order valence-electron chi connectivity index (χ4n) is 3.80. The number of nitrogens with one attached hydrogen (secondary N) is 3. The van der Waals surface area contributed by atoms with Crippen LogP contribution in [0.4, 0.5) is 10.5 Å². The van der Waals surface area contributed by atoms with Crippen molar-refractivity contribution in [1.29, 1.82) is 0 Å². The van der Waals surface area contributed by atoms with E-state index in [1.54, 1.807) is 0 Å². The number of aryl methyl sites for hydroxylation is 2. The molecule has 26 heavy (non-hydrogen) atoms. The van der Waals surface area contributed by atoms with Crippen molar-refractivity contribution in [3.63, 3.8) is 0 Å². The van der Waals surface area contributed by atoms with Gasteiger partial charge in [-0.05, 0) is 38.3 Å². The fourth-order valence-corrected chi connectivity index (χ4v) is 6.07. The minimum atomic E-state index is -3.21. The van der Waals surface area contributed by atoms with Gasteiger partial charge in [0.15, 0.2) is 9.84 Å². The van der Waals surface area contributed by atoms with E-state index in [0.717, 1.165) is 16.8 Å². The van der Waals surface area contributed by atoms with Gasteiger partial charge >= 0.3 is 6.03 Å². The SMILES string of the molecule is Cc1ccc(NC(=O)CCCCC2C3NC(=O)NC3CS2(=O)=O)c(C)c1. The van der Waals surface area contributed by atoms with Gasteiger partial charge in [0.05, 0.1) is 23.1 Å². The van der Waals surface area contributed by atoms with Crippen LogP contribution >= 0.6 is 0 Å². The summed E-state index contributed by atoms with van der Waals surface area (Å²) in [5.41, 5.74) is 2.97. The summed E-state index contributed by atoms with van der Waals surface area (Å²) in [7, 11) is -3.21. The monoisotopic (exact) mass is 379 g/mol. The van der Waals surface area contributed by atoms with Crippen molar-refractivity contribution in [2.45, 2.75) is 56.9 Å². The summed E-state index contributed by atoms with van der Waals surface area (Å²) < 4.78 is 24.5. The molecule has 8 heteroatoms. The molecule has 0 spiro atoms. The second-order valence-corrected chi connectivity index (χ2v) is 9.49. The number of hydrogen-bond donors (Lipinski definition) is 3. The van der Waals surface area contributed by atoms with Gasteiger partial charge in [-0.2, -0.15) is 0 Å². The van der Waals surface area contributed by atoms with Crippen LogP contribution < -0.4 is 16.0 Å². The van der Waals surface area contributed by atoms with Gasteiger partial charge in [0.2, 0.25) is 5.91 Å². The largest absolute Gasteiger partial charge is 0.332 e. The minimum Gasteiger partial charge on any atom is -0.332 e. The lowest BCUT2D eigenvalue weighted by molar-refractivity contribution is -0.116. The highest BCUT2D eigenvalue weighted by molar-refractivity contribution is 7.92. The normalized spacial score (nSPS) is 26.1. The number of fused-ring (bicyclic) bond motifs is 1. The Kier molecular flexibility index (Phi) is 5.22. The molecule has 1 aromatic rings. The van der Waals surface area contributed by atoms with E-state index in [4.69, 9.17) is 0 Å². The van der Waals surface area contributed by atoms with E-state index in [0.29, 0.717) is 25.7 Å². The predicted octanol–water partition coefficient (Wildman–Crippen LogP) is 1.65. The van der Waals surface area contributed by atoms with Gasteiger partial charge < -0.3 is 16.0 Å². The van der Waals surface area contributed by atoms with E-state index in [1.807, 2.05) is 32.0 Å². The van der Waals surface area contributed by atoms with Gasteiger partial charge in [-0.1, -0.05) is 24.1 Å². The van der Waals surface area contributed by atoms with Gasteiger partial charge in [0, 0.05) is 12.1 Å². The zero-order valence-electron chi connectivity index (χ0n) is 15.0. The van der Waals surface area contributed by atoms with E-state index in [9.17, 15) is 18.0 Å². The molecule has 3 atom stereocenters. The van der Waals surface area contributed by atoms with E-state index in [2.05, 4.69) is 16.0 Å². The van der Waals surface area contributed by atoms with Gasteiger partial charge in [0.1, 0.15) is 0 Å². The summed E-state index contributed by atoms with van der Waals surface area (Å²) >= 11 is 0. The zero-order chi connectivity index (χ0) is 18.9. The van der Waals surface area contributed by atoms with Gasteiger partial charge in [-0.25, -0.2) is 13.2 Å². The first kappa shape index (κ1) is 18.7. The van der Waals surface area contributed by atoms with Crippen LogP contribution in [0.2, 0.25) is 0 Å². The Bertz CT molecular complexity index is 822. The molecule has 1 aromatic carbocycles. The molecule has 3 N–H and O–H groups in total. The number of amides is 3. The Morgan fingerprint density at radius 2 is 2.00 bits per heavy atom. The maximum Gasteiger partial charge on any atom is 0.315 e. The first-order valence-corrected chi connectivity index (χ1v) is 10.6. The summed E-state index contributed by atoms with van der Waals surface area (Å²) in [6.07, 6.45) is 2.05. The molecule has 142 valence electrons. The number of benzene rings is 1. The van der Waals surface area contributed by atoms with Crippen molar-refractivity contribution >= 4 is 27.5 Å². The van der Waals surface area contributed by atoms with Gasteiger partial charge in [-0.3, -0.25) is 4.79 Å². The van der Waals surface area contributed by atoms with Gasteiger partial charge in [0.25, 0.3) is 0 Å². The summed E-state index contributed by atoms with van der Waals surface area (Å²) in [5, 5.41) is 7.70. The Hall–Kier alpha value is -2.09. The number of sulfone groups is 1. The summed E-state index contributed by atoms with van der Waals surface area (Å²) in [6.45, 7) is 3.95. The minimum absolute atomic E-state index is 0.00569. The number of carbonyl (C=O) groups is 2. The van der Waals surface area contributed by atoms with E-state index in [-0.39, 0.29) is 29.8 Å². The molecule has 2 saturated heterocycles. The number of rotatable bonds is 6. The van der Waals surface area contributed by atoms with Crippen LogP contribution in [0, 0.1) is 13.8 Å². The molecule has 2 fully saturated rings. The highest BCUT2D eigenvalue weighted by atomic mass is 32.2. The Labute approximate surface area is 153 Å². The molecule has 0 saturated carbocycles. The third-order valence-electron chi connectivity index (χ3n) is 5.12. The van der Waals surface area contributed by atoms with Crippen LogP contribution in [0.1, 0.15) is 36.8 Å². The second-order valence-electron chi connectivity index (χ2n) is 7.23. The number of urea groups is 1. The molecule has 7 nitrogen and oxygen atoms in total. The highest BCUT2D eigenvalue weighted by Gasteiger charge is 2.51. The second kappa shape index (κ2) is 7.26.